The minimum absolute atomic E-state index is 0.164. The third-order valence-electron chi connectivity index (χ3n) is 1.92. The number of halogens is 1. The average molecular weight is 339 g/mol. The molecule has 5 heteroatoms. The van der Waals surface area contributed by atoms with Gasteiger partial charge in [-0.3, -0.25) is 4.72 Å². The molecule has 15 heavy (non-hydrogen) atoms. The molecular formula is C10H14INO2S. The van der Waals surface area contributed by atoms with Crippen LogP contribution in [0.15, 0.2) is 18.2 Å². The molecule has 0 aliphatic rings. The van der Waals surface area contributed by atoms with Crippen molar-refractivity contribution in [3.63, 3.8) is 0 Å². The highest BCUT2D eigenvalue weighted by Crippen LogP contribution is 2.18. The number of anilines is 1. The van der Waals surface area contributed by atoms with Crippen molar-refractivity contribution in [2.75, 3.05) is 10.5 Å². The van der Waals surface area contributed by atoms with E-state index in [2.05, 4.69) is 27.3 Å². The van der Waals surface area contributed by atoms with Crippen molar-refractivity contribution in [1.29, 1.82) is 0 Å². The van der Waals surface area contributed by atoms with Gasteiger partial charge >= 0.3 is 0 Å². The molecule has 0 saturated carbocycles. The Bertz CT molecular complexity index is 443. The lowest BCUT2D eigenvalue weighted by atomic mass is 10.2. The molecular weight excluding hydrogens is 325 g/mol. The number of nitrogens with one attached hydrogen (secondary N) is 1. The van der Waals surface area contributed by atoms with Crippen molar-refractivity contribution in [2.45, 2.75) is 20.3 Å². The number of hydrogen-bond acceptors (Lipinski definition) is 2. The van der Waals surface area contributed by atoms with Gasteiger partial charge in [0.05, 0.1) is 5.75 Å². The van der Waals surface area contributed by atoms with Crippen LogP contribution >= 0.6 is 22.6 Å². The van der Waals surface area contributed by atoms with Crippen molar-refractivity contribution in [1.82, 2.24) is 0 Å². The number of sulfonamides is 1. The first kappa shape index (κ1) is 12.8. The van der Waals surface area contributed by atoms with Gasteiger partial charge in [-0.1, -0.05) is 13.0 Å². The molecule has 1 aromatic rings. The Labute approximate surface area is 104 Å². The summed E-state index contributed by atoms with van der Waals surface area (Å²) >= 11 is 2.19. The van der Waals surface area contributed by atoms with E-state index in [1.54, 1.807) is 6.07 Å². The van der Waals surface area contributed by atoms with Crippen molar-refractivity contribution in [3.05, 3.63) is 27.3 Å². The third kappa shape index (κ3) is 3.98. The highest BCUT2D eigenvalue weighted by molar-refractivity contribution is 14.1. The van der Waals surface area contributed by atoms with Gasteiger partial charge in [-0.2, -0.15) is 0 Å². The summed E-state index contributed by atoms with van der Waals surface area (Å²) in [6.07, 6.45) is 0.623. The lowest BCUT2D eigenvalue weighted by Gasteiger charge is -2.08. The van der Waals surface area contributed by atoms with Gasteiger partial charge in [0, 0.05) is 9.26 Å². The Morgan fingerprint density at radius 2 is 2.07 bits per heavy atom. The smallest absolute Gasteiger partial charge is 0.232 e. The van der Waals surface area contributed by atoms with Crippen molar-refractivity contribution < 1.29 is 8.42 Å². The first-order chi connectivity index (χ1) is 6.94. The van der Waals surface area contributed by atoms with Gasteiger partial charge in [0.1, 0.15) is 0 Å². The Hall–Kier alpha value is -0.300. The molecule has 1 N–H and O–H groups in total. The number of hydrogen-bond donors (Lipinski definition) is 1. The normalized spacial score (nSPS) is 11.4. The van der Waals surface area contributed by atoms with Crippen molar-refractivity contribution in [3.8, 4) is 0 Å². The van der Waals surface area contributed by atoms with Gasteiger partial charge in [0.25, 0.3) is 0 Å². The van der Waals surface area contributed by atoms with E-state index in [9.17, 15) is 8.42 Å². The lowest BCUT2D eigenvalue weighted by molar-refractivity contribution is 0.600. The molecule has 0 atom stereocenters. The van der Waals surface area contributed by atoms with E-state index in [1.807, 2.05) is 26.0 Å². The fourth-order valence-corrected chi connectivity index (χ4v) is 2.80. The van der Waals surface area contributed by atoms with Crippen LogP contribution in [0.3, 0.4) is 0 Å². The predicted molar refractivity (Wildman–Crippen MR) is 71.6 cm³/mol. The molecule has 0 saturated heterocycles. The van der Waals surface area contributed by atoms with Gasteiger partial charge < -0.3 is 0 Å². The van der Waals surface area contributed by atoms with E-state index in [1.165, 1.54) is 0 Å². The fourth-order valence-electron chi connectivity index (χ4n) is 1.16. The van der Waals surface area contributed by atoms with E-state index in [0.29, 0.717) is 12.1 Å². The van der Waals surface area contributed by atoms with E-state index in [4.69, 9.17) is 0 Å². The second-order valence-electron chi connectivity index (χ2n) is 3.38. The van der Waals surface area contributed by atoms with E-state index < -0.39 is 10.0 Å². The molecule has 0 fully saturated rings. The van der Waals surface area contributed by atoms with Crippen LogP contribution in [0.2, 0.25) is 0 Å². The van der Waals surface area contributed by atoms with E-state index >= 15 is 0 Å². The van der Waals surface area contributed by atoms with Gasteiger partial charge in [0.15, 0.2) is 0 Å². The van der Waals surface area contributed by atoms with E-state index in [0.717, 1.165) is 9.13 Å². The third-order valence-corrected chi connectivity index (χ3v) is 4.57. The van der Waals surface area contributed by atoms with Crippen LogP contribution in [0.5, 0.6) is 0 Å². The fraction of sp³-hybridized carbons (Fsp3) is 0.400. The Morgan fingerprint density at radius 3 is 2.60 bits per heavy atom. The first-order valence-corrected chi connectivity index (χ1v) is 7.44. The summed E-state index contributed by atoms with van der Waals surface area (Å²) in [5.41, 5.74) is 1.78. The highest BCUT2D eigenvalue weighted by atomic mass is 127. The summed E-state index contributed by atoms with van der Waals surface area (Å²) in [6.45, 7) is 3.84. The van der Waals surface area contributed by atoms with Crippen LogP contribution in [0, 0.1) is 10.5 Å². The zero-order valence-electron chi connectivity index (χ0n) is 8.75. The monoisotopic (exact) mass is 339 g/mol. The van der Waals surface area contributed by atoms with Crippen LogP contribution in [0.25, 0.3) is 0 Å². The minimum atomic E-state index is -3.17. The van der Waals surface area contributed by atoms with Gasteiger partial charge in [0.2, 0.25) is 10.0 Å². The lowest BCUT2D eigenvalue weighted by Crippen LogP contribution is -2.16. The largest absolute Gasteiger partial charge is 0.284 e. The molecule has 0 aliphatic carbocycles. The molecule has 0 radical (unpaired) electrons. The zero-order chi connectivity index (χ0) is 11.5. The van der Waals surface area contributed by atoms with Crippen LogP contribution in [-0.4, -0.2) is 14.2 Å². The molecule has 0 aromatic heterocycles. The maximum Gasteiger partial charge on any atom is 0.232 e. The van der Waals surface area contributed by atoms with Gasteiger partial charge in [-0.05, 0) is 53.6 Å². The topological polar surface area (TPSA) is 46.2 Å². The summed E-state index contributed by atoms with van der Waals surface area (Å²) in [4.78, 5) is 0. The molecule has 0 bridgehead atoms. The Kier molecular flexibility index (Phi) is 4.39. The molecule has 1 rings (SSSR count). The van der Waals surface area contributed by atoms with Crippen LogP contribution in [0.4, 0.5) is 5.69 Å². The number of rotatable bonds is 4. The molecule has 0 aliphatic heterocycles. The number of aryl methyl sites for hydroxylation is 1. The first-order valence-electron chi connectivity index (χ1n) is 4.71. The standard InChI is InChI=1S/C10H14INO2S/c1-3-6-15(13,14)12-9-5-4-8(2)10(11)7-9/h4-5,7,12H,3,6H2,1-2H3. The molecule has 0 spiro atoms. The van der Waals surface area contributed by atoms with Crippen molar-refractivity contribution >= 4 is 38.3 Å². The molecule has 0 unspecified atom stereocenters. The Morgan fingerprint density at radius 1 is 1.40 bits per heavy atom. The maximum atomic E-state index is 11.5. The zero-order valence-corrected chi connectivity index (χ0v) is 11.7. The SMILES string of the molecule is CCCS(=O)(=O)Nc1ccc(C)c(I)c1. The summed E-state index contributed by atoms with van der Waals surface area (Å²) in [6, 6.07) is 5.53. The quantitative estimate of drug-likeness (QED) is 0.858. The van der Waals surface area contributed by atoms with Crippen LogP contribution in [-0.2, 0) is 10.0 Å². The second-order valence-corrected chi connectivity index (χ2v) is 6.39. The van der Waals surface area contributed by atoms with Gasteiger partial charge in [-0.15, -0.1) is 0 Å². The predicted octanol–water partition coefficient (Wildman–Crippen LogP) is 2.75. The molecule has 0 heterocycles. The summed E-state index contributed by atoms with van der Waals surface area (Å²) in [5.74, 6) is 0.164. The molecule has 0 amide bonds. The van der Waals surface area contributed by atoms with Crippen LogP contribution < -0.4 is 4.72 Å². The molecule has 84 valence electrons. The van der Waals surface area contributed by atoms with E-state index in [-0.39, 0.29) is 5.75 Å². The molecule has 3 nitrogen and oxygen atoms in total. The Balaban J connectivity index is 2.86. The second kappa shape index (κ2) is 5.16. The summed E-state index contributed by atoms with van der Waals surface area (Å²) in [7, 11) is -3.17. The highest BCUT2D eigenvalue weighted by Gasteiger charge is 2.08. The minimum Gasteiger partial charge on any atom is -0.284 e. The summed E-state index contributed by atoms with van der Waals surface area (Å²) < 4.78 is 26.6. The molecule has 1 aromatic carbocycles. The van der Waals surface area contributed by atoms with Crippen molar-refractivity contribution in [2.24, 2.45) is 0 Å². The number of benzene rings is 1. The maximum absolute atomic E-state index is 11.5. The summed E-state index contributed by atoms with van der Waals surface area (Å²) in [5, 5.41) is 0. The van der Waals surface area contributed by atoms with Gasteiger partial charge in [-0.25, -0.2) is 8.42 Å². The van der Waals surface area contributed by atoms with Crippen LogP contribution in [0.1, 0.15) is 18.9 Å². The average Bonchev–Trinajstić information content (AvgIpc) is 2.10.